The normalized spacial score (nSPS) is 14.6. The van der Waals surface area contributed by atoms with Crippen LogP contribution in [0.25, 0.3) is 0 Å². The van der Waals surface area contributed by atoms with Gasteiger partial charge >= 0.3 is 0 Å². The molecule has 0 amide bonds. The zero-order valence-corrected chi connectivity index (χ0v) is 10.6. The largest absolute Gasteiger partial charge is 0.392 e. The van der Waals surface area contributed by atoms with Crippen LogP contribution in [0.2, 0.25) is 0 Å². The molecule has 96 valence electrons. The Labute approximate surface area is 103 Å². The minimum absolute atomic E-state index is 0.0253. The topological polar surface area (TPSA) is 32.3 Å². The highest BCUT2D eigenvalue weighted by Crippen LogP contribution is 2.19. The second kappa shape index (κ2) is 7.41. The summed E-state index contributed by atoms with van der Waals surface area (Å²) in [4.78, 5) is 0. The molecule has 0 saturated carbocycles. The fourth-order valence-corrected chi connectivity index (χ4v) is 1.95. The molecule has 0 spiro atoms. The Balaban J connectivity index is 2.57. The number of benzene rings is 1. The summed E-state index contributed by atoms with van der Waals surface area (Å²) in [5.41, 5.74) is 0.679. The predicted octanol–water partition coefficient (Wildman–Crippen LogP) is 3.03. The molecular formula is C14H22FNO. The minimum atomic E-state index is -0.346. The van der Waals surface area contributed by atoms with E-state index in [0.29, 0.717) is 12.1 Å². The molecule has 0 radical (unpaired) electrons. The van der Waals surface area contributed by atoms with Gasteiger partial charge in [0.2, 0.25) is 0 Å². The molecule has 2 nitrogen and oxygen atoms in total. The average Bonchev–Trinajstić information content (AvgIpc) is 2.32. The van der Waals surface area contributed by atoms with Gasteiger partial charge in [-0.05, 0) is 18.9 Å². The van der Waals surface area contributed by atoms with Crippen LogP contribution in [0, 0.1) is 5.82 Å². The van der Waals surface area contributed by atoms with Crippen molar-refractivity contribution in [1.29, 1.82) is 0 Å². The van der Waals surface area contributed by atoms with Crippen molar-refractivity contribution in [2.24, 2.45) is 0 Å². The van der Waals surface area contributed by atoms with Crippen molar-refractivity contribution in [1.82, 2.24) is 5.32 Å². The Bertz CT molecular complexity index is 330. The average molecular weight is 239 g/mol. The Hall–Kier alpha value is -0.930. The smallest absolute Gasteiger partial charge is 0.127 e. The number of aliphatic hydroxyl groups excluding tert-OH is 1. The monoisotopic (exact) mass is 239 g/mol. The van der Waals surface area contributed by atoms with Crippen molar-refractivity contribution >= 4 is 0 Å². The lowest BCUT2D eigenvalue weighted by atomic mass is 10.0. The van der Waals surface area contributed by atoms with E-state index in [1.54, 1.807) is 12.1 Å². The summed E-state index contributed by atoms with van der Waals surface area (Å²) in [6.45, 7) is 4.56. The van der Waals surface area contributed by atoms with Gasteiger partial charge in [-0.15, -0.1) is 0 Å². The van der Waals surface area contributed by atoms with Gasteiger partial charge < -0.3 is 10.4 Å². The fourth-order valence-electron chi connectivity index (χ4n) is 1.95. The van der Waals surface area contributed by atoms with Crippen LogP contribution >= 0.6 is 0 Å². The Morgan fingerprint density at radius 2 is 2.00 bits per heavy atom. The van der Waals surface area contributed by atoms with Crippen molar-refractivity contribution in [3.8, 4) is 0 Å². The molecule has 1 rings (SSSR count). The maximum absolute atomic E-state index is 13.6. The van der Waals surface area contributed by atoms with E-state index in [4.69, 9.17) is 0 Å². The molecule has 2 N–H and O–H groups in total. The first-order valence-corrected chi connectivity index (χ1v) is 6.34. The molecule has 17 heavy (non-hydrogen) atoms. The van der Waals surface area contributed by atoms with Crippen LogP contribution in [0.5, 0.6) is 0 Å². The van der Waals surface area contributed by atoms with Gasteiger partial charge in [0.1, 0.15) is 5.82 Å². The first-order chi connectivity index (χ1) is 8.19. The van der Waals surface area contributed by atoms with E-state index in [2.05, 4.69) is 5.32 Å². The van der Waals surface area contributed by atoms with E-state index < -0.39 is 0 Å². The molecule has 0 aromatic heterocycles. The van der Waals surface area contributed by atoms with Crippen molar-refractivity contribution < 1.29 is 9.50 Å². The number of hydrogen-bond donors (Lipinski definition) is 2. The number of nitrogens with one attached hydrogen (secondary N) is 1. The van der Waals surface area contributed by atoms with Gasteiger partial charge in [0, 0.05) is 18.2 Å². The number of hydrogen-bond acceptors (Lipinski definition) is 2. The zero-order chi connectivity index (χ0) is 12.7. The van der Waals surface area contributed by atoms with Crippen molar-refractivity contribution in [3.63, 3.8) is 0 Å². The van der Waals surface area contributed by atoms with Gasteiger partial charge in [0.05, 0.1) is 6.10 Å². The maximum atomic E-state index is 13.6. The molecule has 1 aromatic rings. The molecule has 0 aliphatic carbocycles. The highest BCUT2D eigenvalue weighted by molar-refractivity contribution is 5.21. The molecule has 2 unspecified atom stereocenters. The Morgan fingerprint density at radius 1 is 1.29 bits per heavy atom. The summed E-state index contributed by atoms with van der Waals surface area (Å²) in [6.07, 6.45) is 2.20. The highest BCUT2D eigenvalue weighted by atomic mass is 19.1. The standard InChI is InChI=1S/C14H22FNO/c1-3-7-11(17)10-16-14(4-2)12-8-5-6-9-13(12)15/h5-6,8-9,11,14,16-17H,3-4,7,10H2,1-2H3. The van der Waals surface area contributed by atoms with Gasteiger partial charge in [0.15, 0.2) is 0 Å². The number of aliphatic hydroxyl groups is 1. The summed E-state index contributed by atoms with van der Waals surface area (Å²) < 4.78 is 13.6. The first-order valence-electron chi connectivity index (χ1n) is 6.34. The van der Waals surface area contributed by atoms with Crippen LogP contribution in [0.1, 0.15) is 44.7 Å². The molecule has 2 atom stereocenters. The first kappa shape index (κ1) is 14.1. The third-order valence-electron chi connectivity index (χ3n) is 2.91. The van der Waals surface area contributed by atoms with Crippen molar-refractivity contribution in [3.05, 3.63) is 35.6 Å². The fraction of sp³-hybridized carbons (Fsp3) is 0.571. The SMILES string of the molecule is CCCC(O)CNC(CC)c1ccccc1F. The number of rotatable bonds is 7. The summed E-state index contributed by atoms with van der Waals surface area (Å²) in [5, 5.41) is 12.9. The molecule has 0 aliphatic rings. The predicted molar refractivity (Wildman–Crippen MR) is 68.3 cm³/mol. The van der Waals surface area contributed by atoms with E-state index in [1.165, 1.54) is 6.07 Å². The van der Waals surface area contributed by atoms with Gasteiger partial charge in [-0.25, -0.2) is 4.39 Å². The van der Waals surface area contributed by atoms with Crippen LogP contribution in [0.3, 0.4) is 0 Å². The van der Waals surface area contributed by atoms with E-state index >= 15 is 0 Å². The summed E-state index contributed by atoms with van der Waals surface area (Å²) in [6, 6.07) is 6.77. The molecule has 0 fully saturated rings. The summed E-state index contributed by atoms with van der Waals surface area (Å²) in [5.74, 6) is -0.183. The van der Waals surface area contributed by atoms with Crippen LogP contribution in [-0.4, -0.2) is 17.8 Å². The van der Waals surface area contributed by atoms with Crippen LogP contribution < -0.4 is 5.32 Å². The molecule has 3 heteroatoms. The van der Waals surface area contributed by atoms with Gasteiger partial charge in [-0.1, -0.05) is 38.5 Å². The third-order valence-corrected chi connectivity index (χ3v) is 2.91. The molecule has 0 bridgehead atoms. The minimum Gasteiger partial charge on any atom is -0.392 e. The van der Waals surface area contributed by atoms with Crippen LogP contribution in [0.4, 0.5) is 4.39 Å². The molecular weight excluding hydrogens is 217 g/mol. The van der Waals surface area contributed by atoms with Crippen molar-refractivity contribution in [2.75, 3.05) is 6.54 Å². The van der Waals surface area contributed by atoms with Gasteiger partial charge in [0.25, 0.3) is 0 Å². The molecule has 0 heterocycles. The second-order valence-corrected chi connectivity index (χ2v) is 4.33. The third kappa shape index (κ3) is 4.44. The van der Waals surface area contributed by atoms with E-state index in [0.717, 1.165) is 19.3 Å². The Morgan fingerprint density at radius 3 is 2.59 bits per heavy atom. The van der Waals surface area contributed by atoms with Gasteiger partial charge in [-0.2, -0.15) is 0 Å². The second-order valence-electron chi connectivity index (χ2n) is 4.33. The summed E-state index contributed by atoms with van der Waals surface area (Å²) in [7, 11) is 0. The highest BCUT2D eigenvalue weighted by Gasteiger charge is 2.14. The maximum Gasteiger partial charge on any atom is 0.127 e. The summed E-state index contributed by atoms with van der Waals surface area (Å²) >= 11 is 0. The van der Waals surface area contributed by atoms with E-state index in [9.17, 15) is 9.50 Å². The lowest BCUT2D eigenvalue weighted by Crippen LogP contribution is -2.30. The lowest BCUT2D eigenvalue weighted by molar-refractivity contribution is 0.155. The number of halogens is 1. The molecule has 1 aromatic carbocycles. The zero-order valence-electron chi connectivity index (χ0n) is 10.6. The Kier molecular flexibility index (Phi) is 6.16. The quantitative estimate of drug-likeness (QED) is 0.766. The van der Waals surface area contributed by atoms with Crippen LogP contribution in [0.15, 0.2) is 24.3 Å². The van der Waals surface area contributed by atoms with Crippen LogP contribution in [-0.2, 0) is 0 Å². The molecule has 0 aliphatic heterocycles. The van der Waals surface area contributed by atoms with Crippen molar-refractivity contribution in [2.45, 2.75) is 45.3 Å². The molecule has 0 saturated heterocycles. The van der Waals surface area contributed by atoms with E-state index in [-0.39, 0.29) is 18.0 Å². The lowest BCUT2D eigenvalue weighted by Gasteiger charge is -2.20. The van der Waals surface area contributed by atoms with E-state index in [1.807, 2.05) is 19.9 Å². The van der Waals surface area contributed by atoms with Gasteiger partial charge in [-0.3, -0.25) is 0 Å².